The molecule has 1 fully saturated rings. The lowest BCUT2D eigenvalue weighted by Gasteiger charge is -2.08. The summed E-state index contributed by atoms with van der Waals surface area (Å²) in [7, 11) is 0. The smallest absolute Gasteiger partial charge is 0.203 e. The second-order valence-corrected chi connectivity index (χ2v) is 3.41. The summed E-state index contributed by atoms with van der Waals surface area (Å²) in [4.78, 5) is 11.8. The van der Waals surface area contributed by atoms with E-state index >= 15 is 0 Å². The minimum Gasteiger partial charge on any atom is -0.487 e. The summed E-state index contributed by atoms with van der Waals surface area (Å²) in [5.74, 6) is 0.781. The van der Waals surface area contributed by atoms with Crippen molar-refractivity contribution in [2.45, 2.75) is 18.9 Å². The quantitative estimate of drug-likeness (QED) is 0.667. The Morgan fingerprint density at radius 3 is 2.64 bits per heavy atom. The summed E-state index contributed by atoms with van der Waals surface area (Å²) in [6, 6.07) is 9.23. The Morgan fingerprint density at radius 2 is 2.07 bits per heavy atom. The van der Waals surface area contributed by atoms with Crippen LogP contribution in [0.5, 0.6) is 0 Å². The first-order valence-corrected chi connectivity index (χ1v) is 4.71. The van der Waals surface area contributed by atoms with Gasteiger partial charge in [-0.15, -0.1) is 0 Å². The van der Waals surface area contributed by atoms with Gasteiger partial charge in [0.15, 0.2) is 6.10 Å². The lowest BCUT2D eigenvalue weighted by molar-refractivity contribution is 0.0743. The van der Waals surface area contributed by atoms with Gasteiger partial charge in [0.25, 0.3) is 0 Å². The maximum Gasteiger partial charge on any atom is 0.203 e. The fourth-order valence-electron chi connectivity index (χ4n) is 1.58. The maximum absolute atomic E-state index is 11.8. The van der Waals surface area contributed by atoms with Crippen molar-refractivity contribution in [3.63, 3.8) is 0 Å². The molecular weight excluding hydrogens is 176 g/mol. The molecule has 1 aromatic carbocycles. The lowest BCUT2D eigenvalue weighted by atomic mass is 10.0. The maximum atomic E-state index is 11.8. The summed E-state index contributed by atoms with van der Waals surface area (Å²) in [5, 5.41) is 0. The molecule has 0 saturated carbocycles. The van der Waals surface area contributed by atoms with Crippen LogP contribution in [0.3, 0.4) is 0 Å². The van der Waals surface area contributed by atoms with Crippen LogP contribution in [0.4, 0.5) is 0 Å². The van der Waals surface area contributed by atoms with Crippen LogP contribution >= 0.6 is 0 Å². The Morgan fingerprint density at radius 1 is 1.36 bits per heavy atom. The van der Waals surface area contributed by atoms with Gasteiger partial charge in [-0.25, -0.2) is 0 Å². The predicted molar refractivity (Wildman–Crippen MR) is 54.0 cm³/mol. The number of carbonyl (C=O) groups is 1. The highest BCUT2D eigenvalue weighted by molar-refractivity contribution is 5.99. The van der Waals surface area contributed by atoms with Crippen molar-refractivity contribution in [3.05, 3.63) is 48.2 Å². The normalized spacial score (nSPS) is 20.6. The van der Waals surface area contributed by atoms with Gasteiger partial charge in [0.05, 0.1) is 5.76 Å². The molecule has 0 aliphatic carbocycles. The van der Waals surface area contributed by atoms with E-state index in [1.54, 1.807) is 0 Å². The van der Waals surface area contributed by atoms with Crippen molar-refractivity contribution < 1.29 is 9.53 Å². The minimum absolute atomic E-state index is 0.0595. The van der Waals surface area contributed by atoms with E-state index in [4.69, 9.17) is 4.74 Å². The molecule has 1 aromatic rings. The van der Waals surface area contributed by atoms with Crippen LogP contribution in [0, 0.1) is 0 Å². The molecular formula is C12H12O2. The van der Waals surface area contributed by atoms with Gasteiger partial charge in [0.2, 0.25) is 5.78 Å². The Bertz CT molecular complexity index is 354. The first-order valence-electron chi connectivity index (χ1n) is 4.71. The number of hydrogen-bond donors (Lipinski definition) is 0. The van der Waals surface area contributed by atoms with Gasteiger partial charge in [-0.2, -0.15) is 0 Å². The largest absolute Gasteiger partial charge is 0.487 e. The summed E-state index contributed by atoms with van der Waals surface area (Å²) in [6.07, 6.45) is 1.24. The zero-order valence-electron chi connectivity index (χ0n) is 7.90. The van der Waals surface area contributed by atoms with E-state index in [9.17, 15) is 4.79 Å². The molecule has 0 N–H and O–H groups in total. The second kappa shape index (κ2) is 3.66. The zero-order valence-corrected chi connectivity index (χ0v) is 7.90. The lowest BCUT2D eigenvalue weighted by Crippen LogP contribution is -2.18. The van der Waals surface area contributed by atoms with Gasteiger partial charge in [-0.3, -0.25) is 4.79 Å². The molecule has 1 saturated heterocycles. The van der Waals surface area contributed by atoms with Gasteiger partial charge in [0.1, 0.15) is 0 Å². The minimum atomic E-state index is -0.315. The summed E-state index contributed by atoms with van der Waals surface area (Å²) in [6.45, 7) is 3.71. The molecule has 0 bridgehead atoms. The molecule has 1 heterocycles. The molecule has 0 amide bonds. The van der Waals surface area contributed by atoms with Gasteiger partial charge < -0.3 is 4.74 Å². The number of rotatable bonds is 2. The molecule has 1 aliphatic heterocycles. The van der Waals surface area contributed by atoms with E-state index < -0.39 is 0 Å². The fourth-order valence-corrected chi connectivity index (χ4v) is 1.58. The number of ether oxygens (including phenoxy) is 1. The molecule has 0 spiro atoms. The van der Waals surface area contributed by atoms with Crippen LogP contribution in [-0.4, -0.2) is 11.9 Å². The highest BCUT2D eigenvalue weighted by Crippen LogP contribution is 2.24. The summed E-state index contributed by atoms with van der Waals surface area (Å²) >= 11 is 0. The number of carbonyl (C=O) groups excluding carboxylic acids is 1. The first-order chi connectivity index (χ1) is 6.77. The Balaban J connectivity index is 2.13. The van der Waals surface area contributed by atoms with E-state index in [-0.39, 0.29) is 11.9 Å². The third-order valence-electron chi connectivity index (χ3n) is 2.35. The zero-order chi connectivity index (χ0) is 9.97. The van der Waals surface area contributed by atoms with Crippen molar-refractivity contribution in [3.8, 4) is 0 Å². The third kappa shape index (κ3) is 1.69. The predicted octanol–water partition coefficient (Wildman–Crippen LogP) is 2.56. The average molecular weight is 188 g/mol. The number of ketones is 1. The number of hydrogen-bond acceptors (Lipinski definition) is 2. The van der Waals surface area contributed by atoms with Crippen LogP contribution < -0.4 is 0 Å². The molecule has 2 rings (SSSR count). The van der Waals surface area contributed by atoms with Crippen LogP contribution in [0.25, 0.3) is 0 Å². The number of benzene rings is 1. The van der Waals surface area contributed by atoms with Crippen LogP contribution in [0.2, 0.25) is 0 Å². The van der Waals surface area contributed by atoms with Crippen LogP contribution in [0.1, 0.15) is 23.2 Å². The molecule has 0 radical (unpaired) electrons. The fraction of sp³-hybridized carbons (Fsp3) is 0.250. The highest BCUT2D eigenvalue weighted by atomic mass is 16.5. The van der Waals surface area contributed by atoms with Crippen molar-refractivity contribution in [1.82, 2.24) is 0 Å². The summed E-state index contributed by atoms with van der Waals surface area (Å²) < 4.78 is 5.33. The van der Waals surface area contributed by atoms with E-state index in [1.165, 1.54) is 0 Å². The van der Waals surface area contributed by atoms with Crippen molar-refractivity contribution >= 4 is 5.78 Å². The molecule has 14 heavy (non-hydrogen) atoms. The molecule has 1 atom stereocenters. The van der Waals surface area contributed by atoms with E-state index in [1.807, 2.05) is 30.3 Å². The second-order valence-electron chi connectivity index (χ2n) is 3.41. The topological polar surface area (TPSA) is 26.3 Å². The SMILES string of the molecule is C=C1CC[C@H](C(=O)c2ccccc2)O1. The van der Waals surface area contributed by atoms with E-state index in [2.05, 4.69) is 6.58 Å². The Hall–Kier alpha value is -1.57. The van der Waals surface area contributed by atoms with Gasteiger partial charge in [-0.05, 0) is 6.42 Å². The van der Waals surface area contributed by atoms with Gasteiger partial charge in [0, 0.05) is 12.0 Å². The van der Waals surface area contributed by atoms with Gasteiger partial charge in [-0.1, -0.05) is 36.9 Å². The van der Waals surface area contributed by atoms with Crippen LogP contribution in [0.15, 0.2) is 42.7 Å². The molecule has 72 valence electrons. The summed E-state index contributed by atoms with van der Waals surface area (Å²) in [5.41, 5.74) is 0.715. The Labute approximate surface area is 83.2 Å². The average Bonchev–Trinajstić information content (AvgIpc) is 2.65. The third-order valence-corrected chi connectivity index (χ3v) is 2.35. The molecule has 2 nitrogen and oxygen atoms in total. The molecule has 2 heteroatoms. The molecule has 1 aliphatic rings. The number of allylic oxidation sites excluding steroid dienone is 1. The molecule has 0 aromatic heterocycles. The van der Waals surface area contributed by atoms with Crippen molar-refractivity contribution in [2.24, 2.45) is 0 Å². The highest BCUT2D eigenvalue weighted by Gasteiger charge is 2.27. The Kier molecular flexibility index (Phi) is 2.35. The molecule has 0 unspecified atom stereocenters. The van der Waals surface area contributed by atoms with Crippen molar-refractivity contribution in [2.75, 3.05) is 0 Å². The first kappa shape index (κ1) is 9.00. The van der Waals surface area contributed by atoms with Gasteiger partial charge >= 0.3 is 0 Å². The van der Waals surface area contributed by atoms with E-state index in [0.29, 0.717) is 5.56 Å². The standard InChI is InChI=1S/C12H12O2/c1-9-7-8-11(14-9)12(13)10-5-3-2-4-6-10/h2-6,11H,1,7-8H2/t11-/m1/s1. The van der Waals surface area contributed by atoms with Crippen molar-refractivity contribution in [1.29, 1.82) is 0 Å². The monoisotopic (exact) mass is 188 g/mol. The van der Waals surface area contributed by atoms with E-state index in [0.717, 1.165) is 18.6 Å². The number of Topliss-reactive ketones (excluding diaryl/α,β-unsaturated/α-hetero) is 1. The van der Waals surface area contributed by atoms with Crippen LogP contribution in [-0.2, 0) is 4.74 Å².